The molecule has 20 heavy (non-hydrogen) atoms. The lowest BCUT2D eigenvalue weighted by atomic mass is 9.98. The Kier molecular flexibility index (Phi) is 4.15. The predicted octanol–water partition coefficient (Wildman–Crippen LogP) is 1.74. The first-order chi connectivity index (χ1) is 9.61. The van der Waals surface area contributed by atoms with Crippen molar-refractivity contribution in [3.05, 3.63) is 70.8 Å². The van der Waals surface area contributed by atoms with E-state index in [2.05, 4.69) is 5.32 Å². The average molecular weight is 268 g/mol. The van der Waals surface area contributed by atoms with Gasteiger partial charge in [-0.05, 0) is 35.7 Å². The van der Waals surface area contributed by atoms with Crippen molar-refractivity contribution < 1.29 is 9.59 Å². The summed E-state index contributed by atoms with van der Waals surface area (Å²) in [5.41, 5.74) is 8.40. The summed E-state index contributed by atoms with van der Waals surface area (Å²) in [7, 11) is 1.60. The standard InChI is InChI=1S/C16H16N2O2/c1-18-16(20)12-8-6-11(7-9-12)10-13-4-2-3-5-14(13)15(17)19/h2-9H,10H2,1H3,(H2,17,19)(H,18,20). The number of rotatable bonds is 4. The minimum atomic E-state index is -0.428. The van der Waals surface area contributed by atoms with Crippen LogP contribution in [0, 0.1) is 0 Å². The van der Waals surface area contributed by atoms with E-state index in [1.165, 1.54) is 0 Å². The number of carbonyl (C=O) groups is 2. The second-order valence-electron chi connectivity index (χ2n) is 4.47. The Hall–Kier alpha value is -2.62. The van der Waals surface area contributed by atoms with Crippen LogP contribution in [0.3, 0.4) is 0 Å². The van der Waals surface area contributed by atoms with Gasteiger partial charge in [0.15, 0.2) is 0 Å². The minimum Gasteiger partial charge on any atom is -0.366 e. The molecule has 0 heterocycles. The van der Waals surface area contributed by atoms with Crippen LogP contribution >= 0.6 is 0 Å². The number of nitrogens with one attached hydrogen (secondary N) is 1. The molecule has 0 aliphatic heterocycles. The Balaban J connectivity index is 2.23. The molecule has 0 bridgehead atoms. The SMILES string of the molecule is CNC(=O)c1ccc(Cc2ccccc2C(N)=O)cc1. The molecular formula is C16H16N2O2. The van der Waals surface area contributed by atoms with Gasteiger partial charge in [0.2, 0.25) is 5.91 Å². The molecular weight excluding hydrogens is 252 g/mol. The van der Waals surface area contributed by atoms with Gasteiger partial charge < -0.3 is 11.1 Å². The zero-order chi connectivity index (χ0) is 14.5. The van der Waals surface area contributed by atoms with E-state index in [1.54, 1.807) is 31.3 Å². The van der Waals surface area contributed by atoms with Crippen molar-refractivity contribution in [3.8, 4) is 0 Å². The molecule has 0 radical (unpaired) electrons. The van der Waals surface area contributed by atoms with E-state index in [4.69, 9.17) is 5.73 Å². The summed E-state index contributed by atoms with van der Waals surface area (Å²) in [6.07, 6.45) is 0.604. The highest BCUT2D eigenvalue weighted by Crippen LogP contribution is 2.15. The Morgan fingerprint density at radius 3 is 2.30 bits per heavy atom. The molecule has 4 nitrogen and oxygen atoms in total. The zero-order valence-electron chi connectivity index (χ0n) is 11.2. The van der Waals surface area contributed by atoms with E-state index >= 15 is 0 Å². The van der Waals surface area contributed by atoms with Crippen molar-refractivity contribution in [3.63, 3.8) is 0 Å². The molecule has 0 saturated carbocycles. The van der Waals surface area contributed by atoms with E-state index < -0.39 is 5.91 Å². The van der Waals surface area contributed by atoms with E-state index in [-0.39, 0.29) is 5.91 Å². The lowest BCUT2D eigenvalue weighted by Gasteiger charge is -2.07. The summed E-state index contributed by atoms with van der Waals surface area (Å²) in [6, 6.07) is 14.6. The van der Waals surface area contributed by atoms with Gasteiger partial charge in [0.25, 0.3) is 5.91 Å². The van der Waals surface area contributed by atoms with Crippen LogP contribution in [0.5, 0.6) is 0 Å². The van der Waals surface area contributed by atoms with Crippen molar-refractivity contribution >= 4 is 11.8 Å². The van der Waals surface area contributed by atoms with E-state index in [0.717, 1.165) is 11.1 Å². The van der Waals surface area contributed by atoms with Crippen molar-refractivity contribution in [2.75, 3.05) is 7.05 Å². The van der Waals surface area contributed by atoms with Gasteiger partial charge in [-0.25, -0.2) is 0 Å². The number of benzene rings is 2. The highest BCUT2D eigenvalue weighted by molar-refractivity contribution is 5.95. The first kappa shape index (κ1) is 13.8. The van der Waals surface area contributed by atoms with Crippen LogP contribution in [0.2, 0.25) is 0 Å². The number of carbonyl (C=O) groups excluding carboxylic acids is 2. The second kappa shape index (κ2) is 6.02. The molecule has 0 spiro atoms. The highest BCUT2D eigenvalue weighted by atomic mass is 16.1. The third-order valence-corrected chi connectivity index (χ3v) is 3.12. The largest absolute Gasteiger partial charge is 0.366 e. The molecule has 0 aliphatic carbocycles. The molecule has 4 heteroatoms. The minimum absolute atomic E-state index is 0.117. The van der Waals surface area contributed by atoms with Crippen LogP contribution in [-0.4, -0.2) is 18.9 Å². The lowest BCUT2D eigenvalue weighted by Crippen LogP contribution is -2.17. The van der Waals surface area contributed by atoms with Crippen LogP contribution in [0.25, 0.3) is 0 Å². The van der Waals surface area contributed by atoms with Crippen LogP contribution in [0.1, 0.15) is 31.8 Å². The molecule has 0 atom stereocenters. The van der Waals surface area contributed by atoms with Gasteiger partial charge in [-0.1, -0.05) is 30.3 Å². The number of nitrogens with two attached hydrogens (primary N) is 1. The Morgan fingerprint density at radius 1 is 1.05 bits per heavy atom. The smallest absolute Gasteiger partial charge is 0.251 e. The summed E-state index contributed by atoms with van der Waals surface area (Å²) in [5, 5.41) is 2.57. The highest BCUT2D eigenvalue weighted by Gasteiger charge is 2.08. The Bertz CT molecular complexity index is 633. The maximum absolute atomic E-state index is 11.5. The summed E-state index contributed by atoms with van der Waals surface area (Å²) in [6.45, 7) is 0. The number of amides is 2. The lowest BCUT2D eigenvalue weighted by molar-refractivity contribution is 0.0961. The number of hydrogen-bond donors (Lipinski definition) is 2. The molecule has 2 rings (SSSR count). The fourth-order valence-corrected chi connectivity index (χ4v) is 2.05. The molecule has 2 aromatic rings. The zero-order valence-corrected chi connectivity index (χ0v) is 11.2. The summed E-state index contributed by atoms with van der Waals surface area (Å²) in [5.74, 6) is -0.545. The number of primary amides is 1. The van der Waals surface area contributed by atoms with Crippen LogP contribution in [0.15, 0.2) is 48.5 Å². The Labute approximate surface area is 117 Å². The van der Waals surface area contributed by atoms with Gasteiger partial charge in [0.1, 0.15) is 0 Å². The fraction of sp³-hybridized carbons (Fsp3) is 0.125. The van der Waals surface area contributed by atoms with Gasteiger partial charge in [-0.3, -0.25) is 9.59 Å². The average Bonchev–Trinajstić information content (AvgIpc) is 2.47. The van der Waals surface area contributed by atoms with Crippen molar-refractivity contribution in [2.45, 2.75) is 6.42 Å². The monoisotopic (exact) mass is 268 g/mol. The molecule has 2 amide bonds. The first-order valence-corrected chi connectivity index (χ1v) is 6.30. The number of hydrogen-bond acceptors (Lipinski definition) is 2. The van der Waals surface area contributed by atoms with Gasteiger partial charge in [0.05, 0.1) is 0 Å². The molecule has 0 fully saturated rings. The van der Waals surface area contributed by atoms with Gasteiger partial charge >= 0.3 is 0 Å². The fourth-order valence-electron chi connectivity index (χ4n) is 2.05. The summed E-state index contributed by atoms with van der Waals surface area (Å²) in [4.78, 5) is 22.8. The molecule has 2 aromatic carbocycles. The molecule has 3 N–H and O–H groups in total. The maximum Gasteiger partial charge on any atom is 0.251 e. The van der Waals surface area contributed by atoms with Crippen LogP contribution in [-0.2, 0) is 6.42 Å². The van der Waals surface area contributed by atoms with Crippen molar-refractivity contribution in [1.82, 2.24) is 5.32 Å². The van der Waals surface area contributed by atoms with E-state index in [9.17, 15) is 9.59 Å². The predicted molar refractivity (Wildman–Crippen MR) is 77.6 cm³/mol. The molecule has 0 aliphatic rings. The molecule has 0 aromatic heterocycles. The Morgan fingerprint density at radius 2 is 1.70 bits per heavy atom. The van der Waals surface area contributed by atoms with Crippen LogP contribution < -0.4 is 11.1 Å². The van der Waals surface area contributed by atoms with Crippen molar-refractivity contribution in [1.29, 1.82) is 0 Å². The summed E-state index contributed by atoms with van der Waals surface area (Å²) < 4.78 is 0. The quantitative estimate of drug-likeness (QED) is 0.886. The summed E-state index contributed by atoms with van der Waals surface area (Å²) >= 11 is 0. The molecule has 102 valence electrons. The van der Waals surface area contributed by atoms with Crippen LogP contribution in [0.4, 0.5) is 0 Å². The third kappa shape index (κ3) is 3.03. The van der Waals surface area contributed by atoms with Gasteiger partial charge in [-0.15, -0.1) is 0 Å². The third-order valence-electron chi connectivity index (χ3n) is 3.12. The normalized spacial score (nSPS) is 10.1. The van der Waals surface area contributed by atoms with E-state index in [0.29, 0.717) is 17.5 Å². The molecule has 0 unspecified atom stereocenters. The maximum atomic E-state index is 11.5. The first-order valence-electron chi connectivity index (χ1n) is 6.30. The van der Waals surface area contributed by atoms with Gasteiger partial charge in [-0.2, -0.15) is 0 Å². The molecule has 0 saturated heterocycles. The van der Waals surface area contributed by atoms with Gasteiger partial charge in [0, 0.05) is 18.2 Å². The second-order valence-corrected chi connectivity index (χ2v) is 4.47. The topological polar surface area (TPSA) is 72.2 Å². The van der Waals surface area contributed by atoms with E-state index in [1.807, 2.05) is 24.3 Å². The van der Waals surface area contributed by atoms with Crippen molar-refractivity contribution in [2.24, 2.45) is 5.73 Å².